The van der Waals surface area contributed by atoms with Crippen LogP contribution < -0.4 is 10.1 Å². The van der Waals surface area contributed by atoms with Gasteiger partial charge in [-0.05, 0) is 49.4 Å². The molecule has 0 saturated heterocycles. The molecule has 0 amide bonds. The van der Waals surface area contributed by atoms with E-state index in [9.17, 15) is 4.21 Å². The van der Waals surface area contributed by atoms with E-state index in [1.807, 2.05) is 50.4 Å². The van der Waals surface area contributed by atoms with Gasteiger partial charge in [-0.3, -0.25) is 4.21 Å². The van der Waals surface area contributed by atoms with E-state index in [0.29, 0.717) is 5.75 Å². The van der Waals surface area contributed by atoms with Crippen molar-refractivity contribution in [3.8, 4) is 5.75 Å². The summed E-state index contributed by atoms with van der Waals surface area (Å²) in [6.45, 7) is 2.79. The van der Waals surface area contributed by atoms with Crippen molar-refractivity contribution >= 4 is 10.8 Å². The number of ether oxygens (including phenoxy) is 1. The molecule has 0 aliphatic rings. The van der Waals surface area contributed by atoms with E-state index in [0.717, 1.165) is 33.9 Å². The van der Waals surface area contributed by atoms with Gasteiger partial charge in [-0.25, -0.2) is 0 Å². The quantitative estimate of drug-likeness (QED) is 0.891. The van der Waals surface area contributed by atoms with Gasteiger partial charge in [0, 0.05) is 17.0 Å². The Morgan fingerprint density at radius 1 is 1.19 bits per heavy atom. The lowest BCUT2D eigenvalue weighted by Crippen LogP contribution is -2.06. The number of rotatable bonds is 6. The Kier molecular flexibility index (Phi) is 5.53. The minimum absolute atomic E-state index is 0.462. The summed E-state index contributed by atoms with van der Waals surface area (Å²) in [6, 6.07) is 13.9. The van der Waals surface area contributed by atoms with Crippen LogP contribution in [0.3, 0.4) is 0 Å². The second kappa shape index (κ2) is 7.38. The van der Waals surface area contributed by atoms with Crippen LogP contribution in [0.25, 0.3) is 0 Å². The third kappa shape index (κ3) is 4.16. The number of hydrogen-bond acceptors (Lipinski definition) is 3. The van der Waals surface area contributed by atoms with Crippen molar-refractivity contribution in [1.29, 1.82) is 0 Å². The Morgan fingerprint density at radius 2 is 2.00 bits per heavy atom. The van der Waals surface area contributed by atoms with Crippen molar-refractivity contribution in [2.75, 3.05) is 14.2 Å². The predicted octanol–water partition coefficient (Wildman–Crippen LogP) is 3.03. The molecule has 0 aliphatic heterocycles. The molecule has 2 aromatic rings. The van der Waals surface area contributed by atoms with Gasteiger partial charge in [0.05, 0.1) is 23.7 Å². The fraction of sp³-hybridized carbons (Fsp3) is 0.294. The summed E-state index contributed by atoms with van der Waals surface area (Å²) in [6.07, 6.45) is 0. The number of benzene rings is 2. The zero-order chi connectivity index (χ0) is 15.2. The van der Waals surface area contributed by atoms with E-state index in [1.165, 1.54) is 0 Å². The molecule has 0 fully saturated rings. The highest BCUT2D eigenvalue weighted by Crippen LogP contribution is 2.23. The predicted molar refractivity (Wildman–Crippen MR) is 87.0 cm³/mol. The highest BCUT2D eigenvalue weighted by atomic mass is 32.2. The van der Waals surface area contributed by atoms with Crippen molar-refractivity contribution in [2.45, 2.75) is 24.1 Å². The van der Waals surface area contributed by atoms with Crippen molar-refractivity contribution in [1.82, 2.24) is 5.32 Å². The molecule has 2 rings (SSSR count). The van der Waals surface area contributed by atoms with E-state index < -0.39 is 10.8 Å². The Bertz CT molecular complexity index is 640. The molecule has 0 saturated carbocycles. The van der Waals surface area contributed by atoms with E-state index in [2.05, 4.69) is 11.4 Å². The third-order valence-electron chi connectivity index (χ3n) is 3.26. The molecule has 4 heteroatoms. The van der Waals surface area contributed by atoms with E-state index in [-0.39, 0.29) is 0 Å². The van der Waals surface area contributed by atoms with E-state index >= 15 is 0 Å². The molecule has 3 nitrogen and oxygen atoms in total. The third-order valence-corrected chi connectivity index (χ3v) is 4.62. The molecule has 0 heterocycles. The van der Waals surface area contributed by atoms with E-state index in [1.54, 1.807) is 7.11 Å². The van der Waals surface area contributed by atoms with Crippen molar-refractivity contribution in [3.63, 3.8) is 0 Å². The van der Waals surface area contributed by atoms with Gasteiger partial charge in [0.25, 0.3) is 0 Å². The van der Waals surface area contributed by atoms with Crippen LogP contribution in [0.15, 0.2) is 47.4 Å². The van der Waals surface area contributed by atoms with Crippen LogP contribution in [-0.2, 0) is 23.1 Å². The second-order valence-electron chi connectivity index (χ2n) is 4.98. The van der Waals surface area contributed by atoms with Gasteiger partial charge < -0.3 is 10.1 Å². The van der Waals surface area contributed by atoms with Gasteiger partial charge in [0.2, 0.25) is 0 Å². The number of aryl methyl sites for hydroxylation is 1. The SMILES string of the molecule is CNCc1ccc(OC)c(CS(=O)c2cccc(C)c2)c1. The maximum Gasteiger partial charge on any atom is 0.123 e. The molecule has 1 unspecified atom stereocenters. The summed E-state index contributed by atoms with van der Waals surface area (Å²) in [5, 5.41) is 3.12. The maximum atomic E-state index is 12.5. The lowest BCUT2D eigenvalue weighted by Gasteiger charge is -2.11. The molecule has 1 N–H and O–H groups in total. The van der Waals surface area contributed by atoms with E-state index in [4.69, 9.17) is 4.74 Å². The van der Waals surface area contributed by atoms with Gasteiger partial charge in [-0.15, -0.1) is 0 Å². The van der Waals surface area contributed by atoms with Gasteiger partial charge in [-0.1, -0.05) is 18.2 Å². The maximum absolute atomic E-state index is 12.5. The first-order valence-corrected chi connectivity index (χ1v) is 8.21. The first kappa shape index (κ1) is 15.7. The normalized spacial score (nSPS) is 12.1. The van der Waals surface area contributed by atoms with Crippen molar-refractivity contribution in [3.05, 3.63) is 59.2 Å². The summed E-state index contributed by atoms with van der Waals surface area (Å²) in [5.41, 5.74) is 3.26. The molecule has 112 valence electrons. The number of hydrogen-bond donors (Lipinski definition) is 1. The Labute approximate surface area is 128 Å². The molecular formula is C17H21NO2S. The molecule has 0 aromatic heterocycles. The molecule has 21 heavy (non-hydrogen) atoms. The molecular weight excluding hydrogens is 282 g/mol. The average molecular weight is 303 g/mol. The van der Waals surface area contributed by atoms with Gasteiger partial charge >= 0.3 is 0 Å². The molecule has 0 bridgehead atoms. The Balaban J connectivity index is 2.25. The first-order valence-electron chi connectivity index (χ1n) is 6.89. The topological polar surface area (TPSA) is 38.3 Å². The minimum atomic E-state index is -1.07. The van der Waals surface area contributed by atoms with Gasteiger partial charge in [0.1, 0.15) is 5.75 Å². The van der Waals surface area contributed by atoms with Crippen LogP contribution in [-0.4, -0.2) is 18.4 Å². The zero-order valence-electron chi connectivity index (χ0n) is 12.7. The highest BCUT2D eigenvalue weighted by Gasteiger charge is 2.10. The number of methoxy groups -OCH3 is 1. The van der Waals surface area contributed by atoms with Crippen LogP contribution in [0.4, 0.5) is 0 Å². The number of nitrogens with one attached hydrogen (secondary N) is 1. The van der Waals surface area contributed by atoms with Gasteiger partial charge in [-0.2, -0.15) is 0 Å². The zero-order valence-corrected chi connectivity index (χ0v) is 13.5. The monoisotopic (exact) mass is 303 g/mol. The van der Waals surface area contributed by atoms with Gasteiger partial charge in [0.15, 0.2) is 0 Å². The summed E-state index contributed by atoms with van der Waals surface area (Å²) in [4.78, 5) is 0.857. The Morgan fingerprint density at radius 3 is 2.67 bits per heavy atom. The molecule has 1 atom stereocenters. The molecule has 0 aliphatic carbocycles. The largest absolute Gasteiger partial charge is 0.496 e. The minimum Gasteiger partial charge on any atom is -0.496 e. The van der Waals surface area contributed by atoms with Crippen LogP contribution in [0.5, 0.6) is 5.75 Å². The van der Waals surface area contributed by atoms with Crippen LogP contribution in [0, 0.1) is 6.92 Å². The second-order valence-corrected chi connectivity index (χ2v) is 6.43. The lowest BCUT2D eigenvalue weighted by atomic mass is 10.1. The molecule has 0 spiro atoms. The summed E-state index contributed by atoms with van der Waals surface area (Å²) < 4.78 is 17.9. The van der Waals surface area contributed by atoms with Crippen LogP contribution >= 0.6 is 0 Å². The molecule has 0 radical (unpaired) electrons. The summed E-state index contributed by atoms with van der Waals surface area (Å²) >= 11 is 0. The Hall–Kier alpha value is -1.65. The summed E-state index contributed by atoms with van der Waals surface area (Å²) in [5.74, 6) is 1.25. The lowest BCUT2D eigenvalue weighted by molar-refractivity contribution is 0.411. The first-order chi connectivity index (χ1) is 10.1. The van der Waals surface area contributed by atoms with Crippen molar-refractivity contribution < 1.29 is 8.95 Å². The van der Waals surface area contributed by atoms with Crippen LogP contribution in [0.1, 0.15) is 16.7 Å². The van der Waals surface area contributed by atoms with Crippen molar-refractivity contribution in [2.24, 2.45) is 0 Å². The molecule has 2 aromatic carbocycles. The van der Waals surface area contributed by atoms with Crippen LogP contribution in [0.2, 0.25) is 0 Å². The smallest absolute Gasteiger partial charge is 0.123 e. The standard InChI is InChI=1S/C17H21NO2S/c1-13-5-4-6-16(9-13)21(19)12-15-10-14(11-18-2)7-8-17(15)20-3/h4-10,18H,11-12H2,1-3H3. The average Bonchev–Trinajstić information content (AvgIpc) is 2.48. The highest BCUT2D eigenvalue weighted by molar-refractivity contribution is 7.84. The summed E-state index contributed by atoms with van der Waals surface area (Å²) in [7, 11) is 2.49. The fourth-order valence-corrected chi connectivity index (χ4v) is 3.46. The fourth-order valence-electron chi connectivity index (χ4n) is 2.24.